The maximum absolute atomic E-state index is 11.1. The number of nitrogens with zero attached hydrogens (tertiary/aromatic N) is 1. The molecule has 2 atom stereocenters. The van der Waals surface area contributed by atoms with Gasteiger partial charge in [-0.1, -0.05) is 6.42 Å². The van der Waals surface area contributed by atoms with Crippen LogP contribution in [0.25, 0.3) is 0 Å². The summed E-state index contributed by atoms with van der Waals surface area (Å²) in [6, 6.07) is 0.565. The Hall–Kier alpha value is -0.610. The Bertz CT molecular complexity index is 245. The van der Waals surface area contributed by atoms with E-state index in [1.54, 1.807) is 0 Å². The minimum atomic E-state index is -0.0660. The Morgan fingerprint density at radius 1 is 1.39 bits per heavy atom. The largest absolute Gasteiger partial charge is 0.466 e. The summed E-state index contributed by atoms with van der Waals surface area (Å²) in [7, 11) is 2.17. The van der Waals surface area contributed by atoms with Crippen LogP contribution in [0.1, 0.15) is 46.0 Å². The van der Waals surface area contributed by atoms with Crippen LogP contribution in [0, 0.1) is 0 Å². The standard InChI is InChI=1S/C14H27NO3/c1-4-17-14(16)8-6-5-7-10-15(3)13-9-11-18-12(13)2/h12-13H,4-11H2,1-3H3. The number of hydrogen-bond donors (Lipinski definition) is 0. The summed E-state index contributed by atoms with van der Waals surface area (Å²) in [6.07, 6.45) is 5.21. The van der Waals surface area contributed by atoms with E-state index in [1.165, 1.54) is 0 Å². The van der Waals surface area contributed by atoms with Crippen molar-refractivity contribution in [1.29, 1.82) is 0 Å². The molecule has 0 aromatic heterocycles. The molecule has 4 nitrogen and oxygen atoms in total. The van der Waals surface area contributed by atoms with Crippen LogP contribution in [0.2, 0.25) is 0 Å². The monoisotopic (exact) mass is 257 g/mol. The lowest BCUT2D eigenvalue weighted by Crippen LogP contribution is -2.37. The summed E-state index contributed by atoms with van der Waals surface area (Å²) in [5.41, 5.74) is 0. The van der Waals surface area contributed by atoms with Gasteiger partial charge < -0.3 is 14.4 Å². The Morgan fingerprint density at radius 2 is 2.17 bits per heavy atom. The van der Waals surface area contributed by atoms with Gasteiger partial charge in [0.15, 0.2) is 0 Å². The van der Waals surface area contributed by atoms with Gasteiger partial charge in [0.25, 0.3) is 0 Å². The van der Waals surface area contributed by atoms with Gasteiger partial charge in [-0.15, -0.1) is 0 Å². The third-order valence-corrected chi connectivity index (χ3v) is 3.60. The molecule has 0 radical (unpaired) electrons. The number of rotatable bonds is 8. The van der Waals surface area contributed by atoms with E-state index < -0.39 is 0 Å². The molecule has 0 amide bonds. The van der Waals surface area contributed by atoms with Gasteiger partial charge in [0.2, 0.25) is 0 Å². The van der Waals surface area contributed by atoms with E-state index in [9.17, 15) is 4.79 Å². The van der Waals surface area contributed by atoms with Crippen LogP contribution in [0.15, 0.2) is 0 Å². The van der Waals surface area contributed by atoms with Crippen LogP contribution in [0.3, 0.4) is 0 Å². The summed E-state index contributed by atoms with van der Waals surface area (Å²) < 4.78 is 10.5. The van der Waals surface area contributed by atoms with E-state index >= 15 is 0 Å². The highest BCUT2D eigenvalue weighted by molar-refractivity contribution is 5.69. The summed E-state index contributed by atoms with van der Waals surface area (Å²) in [5, 5.41) is 0. The highest BCUT2D eigenvalue weighted by Crippen LogP contribution is 2.18. The fraction of sp³-hybridized carbons (Fsp3) is 0.929. The molecule has 1 aliphatic heterocycles. The van der Waals surface area contributed by atoms with E-state index in [1.807, 2.05) is 6.92 Å². The number of carbonyl (C=O) groups is 1. The second-order valence-electron chi connectivity index (χ2n) is 5.03. The number of likely N-dealkylation sites (N-methyl/N-ethyl adjacent to an activating group) is 1. The molecule has 0 aromatic rings. The van der Waals surface area contributed by atoms with Crippen LogP contribution in [0.5, 0.6) is 0 Å². The number of esters is 1. The highest BCUT2D eigenvalue weighted by atomic mass is 16.5. The average Bonchev–Trinajstić information content (AvgIpc) is 2.75. The van der Waals surface area contributed by atoms with Gasteiger partial charge in [0, 0.05) is 19.1 Å². The number of ether oxygens (including phenoxy) is 2. The molecule has 18 heavy (non-hydrogen) atoms. The van der Waals surface area contributed by atoms with Gasteiger partial charge in [0.1, 0.15) is 0 Å². The van der Waals surface area contributed by atoms with Crippen molar-refractivity contribution in [2.45, 2.75) is 58.1 Å². The van der Waals surface area contributed by atoms with Gasteiger partial charge >= 0.3 is 5.97 Å². The Labute approximate surface area is 111 Å². The van der Waals surface area contributed by atoms with Gasteiger partial charge in [-0.05, 0) is 46.7 Å². The summed E-state index contributed by atoms with van der Waals surface area (Å²) in [5.74, 6) is -0.0660. The first-order valence-electron chi connectivity index (χ1n) is 7.12. The molecular formula is C14H27NO3. The van der Waals surface area contributed by atoms with E-state index in [4.69, 9.17) is 9.47 Å². The van der Waals surface area contributed by atoms with Gasteiger partial charge in [0.05, 0.1) is 12.7 Å². The Balaban J connectivity index is 2.02. The first-order chi connectivity index (χ1) is 8.65. The Morgan fingerprint density at radius 3 is 2.78 bits per heavy atom. The molecule has 1 fully saturated rings. The van der Waals surface area contributed by atoms with Crippen LogP contribution < -0.4 is 0 Å². The predicted molar refractivity (Wildman–Crippen MR) is 71.6 cm³/mol. The SMILES string of the molecule is CCOC(=O)CCCCCN(C)C1CCOC1C. The maximum atomic E-state index is 11.1. The normalized spacial score (nSPS) is 23.6. The molecule has 1 rings (SSSR count). The first kappa shape index (κ1) is 15.4. The van der Waals surface area contributed by atoms with E-state index in [0.29, 0.717) is 25.2 Å². The molecule has 1 heterocycles. The van der Waals surface area contributed by atoms with Crippen molar-refractivity contribution in [3.8, 4) is 0 Å². The van der Waals surface area contributed by atoms with Crippen molar-refractivity contribution in [3.05, 3.63) is 0 Å². The number of carbonyl (C=O) groups excluding carboxylic acids is 1. The fourth-order valence-corrected chi connectivity index (χ4v) is 2.51. The van der Waals surface area contributed by atoms with Crippen molar-refractivity contribution in [1.82, 2.24) is 4.90 Å². The molecule has 0 N–H and O–H groups in total. The molecule has 0 bridgehead atoms. The molecule has 0 spiro atoms. The lowest BCUT2D eigenvalue weighted by molar-refractivity contribution is -0.143. The van der Waals surface area contributed by atoms with Gasteiger partial charge in [-0.2, -0.15) is 0 Å². The highest BCUT2D eigenvalue weighted by Gasteiger charge is 2.27. The third kappa shape index (κ3) is 5.36. The number of hydrogen-bond acceptors (Lipinski definition) is 4. The predicted octanol–water partition coefficient (Wildman–Crippen LogP) is 2.22. The molecule has 0 aromatic carbocycles. The van der Waals surface area contributed by atoms with Crippen LogP contribution in [-0.2, 0) is 14.3 Å². The summed E-state index contributed by atoms with van der Waals surface area (Å²) >= 11 is 0. The molecule has 4 heteroatoms. The van der Waals surface area contributed by atoms with Crippen molar-refractivity contribution >= 4 is 5.97 Å². The van der Waals surface area contributed by atoms with Crippen molar-refractivity contribution in [2.75, 3.05) is 26.8 Å². The third-order valence-electron chi connectivity index (χ3n) is 3.60. The van der Waals surface area contributed by atoms with E-state index in [2.05, 4.69) is 18.9 Å². The van der Waals surface area contributed by atoms with Gasteiger partial charge in [-0.25, -0.2) is 0 Å². The Kier molecular flexibility index (Phi) is 7.28. The van der Waals surface area contributed by atoms with Crippen LogP contribution >= 0.6 is 0 Å². The molecule has 0 saturated carbocycles. The number of unbranched alkanes of at least 4 members (excludes halogenated alkanes) is 2. The zero-order chi connectivity index (χ0) is 13.4. The summed E-state index contributed by atoms with van der Waals surface area (Å²) in [4.78, 5) is 13.5. The molecule has 1 saturated heterocycles. The topological polar surface area (TPSA) is 38.8 Å². The minimum Gasteiger partial charge on any atom is -0.466 e. The second kappa shape index (κ2) is 8.48. The molecule has 2 unspecified atom stereocenters. The first-order valence-corrected chi connectivity index (χ1v) is 7.12. The van der Waals surface area contributed by atoms with Crippen LogP contribution in [0.4, 0.5) is 0 Å². The lowest BCUT2D eigenvalue weighted by Gasteiger charge is -2.26. The molecule has 106 valence electrons. The van der Waals surface area contributed by atoms with Gasteiger partial charge in [-0.3, -0.25) is 4.79 Å². The molecule has 1 aliphatic rings. The van der Waals surface area contributed by atoms with Crippen molar-refractivity contribution in [3.63, 3.8) is 0 Å². The van der Waals surface area contributed by atoms with Crippen molar-refractivity contribution in [2.24, 2.45) is 0 Å². The molecule has 0 aliphatic carbocycles. The average molecular weight is 257 g/mol. The smallest absolute Gasteiger partial charge is 0.305 e. The van der Waals surface area contributed by atoms with E-state index in [-0.39, 0.29) is 5.97 Å². The maximum Gasteiger partial charge on any atom is 0.305 e. The minimum absolute atomic E-state index is 0.0660. The fourth-order valence-electron chi connectivity index (χ4n) is 2.51. The lowest BCUT2D eigenvalue weighted by atomic mass is 10.1. The second-order valence-corrected chi connectivity index (χ2v) is 5.03. The quantitative estimate of drug-likeness (QED) is 0.494. The van der Waals surface area contributed by atoms with E-state index in [0.717, 1.165) is 38.8 Å². The molecular weight excluding hydrogens is 230 g/mol. The van der Waals surface area contributed by atoms with Crippen molar-refractivity contribution < 1.29 is 14.3 Å². The van der Waals surface area contributed by atoms with Crippen LogP contribution in [-0.4, -0.2) is 49.8 Å². The zero-order valence-electron chi connectivity index (χ0n) is 12.0. The zero-order valence-corrected chi connectivity index (χ0v) is 12.0. The summed E-state index contributed by atoms with van der Waals surface area (Å²) in [6.45, 7) is 6.45.